The molecule has 0 radical (unpaired) electrons. The Kier molecular flexibility index (Phi) is 3.95. The Labute approximate surface area is 64.2 Å². The molecule has 4 heteroatoms. The van der Waals surface area contributed by atoms with Gasteiger partial charge >= 0.3 is 11.9 Å². The molecule has 0 spiro atoms. The highest BCUT2D eigenvalue weighted by molar-refractivity contribution is 5.94. The number of carboxylic acid groups (broad SMARTS) is 2. The Morgan fingerprint density at radius 3 is 2.18 bits per heavy atom. The molecule has 2 N–H and O–H groups in total. The number of carbonyl (C=O) groups is 2. The van der Waals surface area contributed by atoms with E-state index in [4.69, 9.17) is 10.2 Å². The van der Waals surface area contributed by atoms with Crippen LogP contribution in [0.3, 0.4) is 0 Å². The van der Waals surface area contributed by atoms with Crippen molar-refractivity contribution >= 4 is 11.9 Å². The highest BCUT2D eigenvalue weighted by Crippen LogP contribution is 2.03. The molecule has 0 unspecified atom stereocenters. The molecule has 62 valence electrons. The zero-order valence-electron chi connectivity index (χ0n) is 6.20. The summed E-state index contributed by atoms with van der Waals surface area (Å²) in [7, 11) is 0. The second-order valence-corrected chi connectivity index (χ2v) is 2.06. The minimum Gasteiger partial charge on any atom is -0.478 e. The van der Waals surface area contributed by atoms with Gasteiger partial charge in [0.2, 0.25) is 0 Å². The summed E-state index contributed by atoms with van der Waals surface area (Å²) in [6, 6.07) is 0. The highest BCUT2D eigenvalue weighted by Gasteiger charge is 2.07. The molecule has 0 saturated carbocycles. The smallest absolute Gasteiger partial charge is 0.331 e. The van der Waals surface area contributed by atoms with Gasteiger partial charge in [-0.15, -0.1) is 0 Å². The molecule has 0 rings (SSSR count). The number of aliphatic carboxylic acids is 2. The maximum Gasteiger partial charge on any atom is 0.331 e. The molecule has 11 heavy (non-hydrogen) atoms. The summed E-state index contributed by atoms with van der Waals surface area (Å²) in [6.45, 7) is 1.79. The van der Waals surface area contributed by atoms with Crippen molar-refractivity contribution in [1.82, 2.24) is 0 Å². The first-order valence-electron chi connectivity index (χ1n) is 3.24. The molecule has 0 bridgehead atoms. The van der Waals surface area contributed by atoms with Crippen molar-refractivity contribution in [2.75, 3.05) is 0 Å². The summed E-state index contributed by atoms with van der Waals surface area (Å²) < 4.78 is 0. The van der Waals surface area contributed by atoms with Gasteiger partial charge in [-0.2, -0.15) is 0 Å². The summed E-state index contributed by atoms with van der Waals surface area (Å²) in [6.07, 6.45) is 1.65. The summed E-state index contributed by atoms with van der Waals surface area (Å²) in [4.78, 5) is 20.3. The summed E-state index contributed by atoms with van der Waals surface area (Å²) in [5, 5.41) is 16.6. The first-order valence-corrected chi connectivity index (χ1v) is 3.24. The fourth-order valence-corrected chi connectivity index (χ4v) is 0.659. The lowest BCUT2D eigenvalue weighted by atomic mass is 10.1. The first-order chi connectivity index (χ1) is 5.07. The van der Waals surface area contributed by atoms with Gasteiger partial charge in [0.25, 0.3) is 0 Å². The van der Waals surface area contributed by atoms with Gasteiger partial charge in [0, 0.05) is 11.6 Å². The monoisotopic (exact) mass is 158 g/mol. The Morgan fingerprint density at radius 2 is 1.91 bits per heavy atom. The van der Waals surface area contributed by atoms with Crippen molar-refractivity contribution in [3.05, 3.63) is 11.6 Å². The van der Waals surface area contributed by atoms with Gasteiger partial charge in [0.15, 0.2) is 0 Å². The molecule has 0 fully saturated rings. The first kappa shape index (κ1) is 9.68. The molecular weight excluding hydrogens is 148 g/mol. The minimum atomic E-state index is -1.21. The maximum absolute atomic E-state index is 10.3. The summed E-state index contributed by atoms with van der Waals surface area (Å²) in [5.74, 6) is -2.37. The average Bonchev–Trinajstić information content (AvgIpc) is 1.86. The topological polar surface area (TPSA) is 74.6 Å². The Hall–Kier alpha value is -1.32. The van der Waals surface area contributed by atoms with Crippen LogP contribution in [0.1, 0.15) is 19.8 Å². The van der Waals surface area contributed by atoms with Crippen LogP contribution < -0.4 is 0 Å². The number of hydrogen-bond acceptors (Lipinski definition) is 2. The molecule has 4 nitrogen and oxygen atoms in total. The van der Waals surface area contributed by atoms with Crippen molar-refractivity contribution in [3.8, 4) is 0 Å². The Morgan fingerprint density at radius 1 is 1.36 bits per heavy atom. The summed E-state index contributed by atoms with van der Waals surface area (Å²) >= 11 is 0. The van der Waals surface area contributed by atoms with E-state index in [0.717, 1.165) is 6.08 Å². The molecule has 0 aromatic carbocycles. The second-order valence-electron chi connectivity index (χ2n) is 2.06. The Balaban J connectivity index is 4.32. The van der Waals surface area contributed by atoms with Crippen LogP contribution in [0.4, 0.5) is 0 Å². The molecule has 0 aromatic heterocycles. The third-order valence-electron chi connectivity index (χ3n) is 1.09. The van der Waals surface area contributed by atoms with E-state index >= 15 is 0 Å². The predicted octanol–water partition coefficient (Wildman–Crippen LogP) is 0.882. The number of hydrogen-bond donors (Lipinski definition) is 2. The normalized spacial score (nSPS) is 11.2. The molecule has 0 heterocycles. The van der Waals surface area contributed by atoms with E-state index in [1.807, 2.05) is 0 Å². The van der Waals surface area contributed by atoms with E-state index in [-0.39, 0.29) is 5.57 Å². The zero-order chi connectivity index (χ0) is 8.85. The lowest BCUT2D eigenvalue weighted by Gasteiger charge is -1.95. The van der Waals surface area contributed by atoms with E-state index in [9.17, 15) is 9.59 Å². The highest BCUT2D eigenvalue weighted by atomic mass is 16.4. The van der Waals surface area contributed by atoms with Gasteiger partial charge in [0.1, 0.15) is 0 Å². The van der Waals surface area contributed by atoms with Gasteiger partial charge in [-0.3, -0.25) is 0 Å². The van der Waals surface area contributed by atoms with Crippen LogP contribution in [0.5, 0.6) is 0 Å². The van der Waals surface area contributed by atoms with Crippen molar-refractivity contribution in [3.63, 3.8) is 0 Å². The molecule has 0 aliphatic carbocycles. The van der Waals surface area contributed by atoms with Crippen LogP contribution in [-0.2, 0) is 9.59 Å². The molecule has 0 saturated heterocycles. The standard InChI is InChI=1S/C7H10O4/c1-2-3-5(7(10)11)4-6(8)9/h4H,2-3H2,1H3,(H,8,9)(H,10,11). The Bertz CT molecular complexity index is 193. The van der Waals surface area contributed by atoms with Crippen LogP contribution in [-0.4, -0.2) is 22.2 Å². The molecule has 0 atom stereocenters. The fraction of sp³-hybridized carbons (Fsp3) is 0.429. The lowest BCUT2D eigenvalue weighted by molar-refractivity contribution is -0.135. The third kappa shape index (κ3) is 4.13. The van der Waals surface area contributed by atoms with E-state index < -0.39 is 11.9 Å². The SMILES string of the molecule is CCCC(=CC(=O)O)C(=O)O. The van der Waals surface area contributed by atoms with Gasteiger partial charge in [0.05, 0.1) is 0 Å². The fourth-order valence-electron chi connectivity index (χ4n) is 0.659. The quantitative estimate of drug-likeness (QED) is 0.595. The summed E-state index contributed by atoms with van der Waals surface area (Å²) in [5.41, 5.74) is -0.0556. The largest absolute Gasteiger partial charge is 0.478 e. The molecule has 0 aromatic rings. The molecule has 0 aliphatic rings. The number of carboxylic acids is 2. The van der Waals surface area contributed by atoms with Gasteiger partial charge in [-0.1, -0.05) is 13.3 Å². The van der Waals surface area contributed by atoms with E-state index in [1.54, 1.807) is 6.92 Å². The third-order valence-corrected chi connectivity index (χ3v) is 1.09. The van der Waals surface area contributed by atoms with E-state index in [2.05, 4.69) is 0 Å². The van der Waals surface area contributed by atoms with Gasteiger partial charge in [-0.05, 0) is 6.42 Å². The molecule has 0 aliphatic heterocycles. The van der Waals surface area contributed by atoms with E-state index in [0.29, 0.717) is 12.8 Å². The van der Waals surface area contributed by atoms with Crippen LogP contribution in [0.15, 0.2) is 11.6 Å². The van der Waals surface area contributed by atoms with Crippen molar-refractivity contribution in [1.29, 1.82) is 0 Å². The van der Waals surface area contributed by atoms with Crippen LogP contribution in [0, 0.1) is 0 Å². The molecular formula is C7H10O4. The van der Waals surface area contributed by atoms with Crippen molar-refractivity contribution in [2.24, 2.45) is 0 Å². The average molecular weight is 158 g/mol. The zero-order valence-corrected chi connectivity index (χ0v) is 6.20. The van der Waals surface area contributed by atoms with Crippen molar-refractivity contribution < 1.29 is 19.8 Å². The second kappa shape index (κ2) is 4.49. The lowest BCUT2D eigenvalue weighted by Crippen LogP contribution is -2.03. The maximum atomic E-state index is 10.3. The van der Waals surface area contributed by atoms with Crippen LogP contribution in [0.25, 0.3) is 0 Å². The van der Waals surface area contributed by atoms with E-state index in [1.165, 1.54) is 0 Å². The minimum absolute atomic E-state index is 0.0556. The molecule has 0 amide bonds. The predicted molar refractivity (Wildman–Crippen MR) is 38.3 cm³/mol. The van der Waals surface area contributed by atoms with Gasteiger partial charge < -0.3 is 10.2 Å². The van der Waals surface area contributed by atoms with Crippen molar-refractivity contribution in [2.45, 2.75) is 19.8 Å². The van der Waals surface area contributed by atoms with Gasteiger partial charge in [-0.25, -0.2) is 9.59 Å². The van der Waals surface area contributed by atoms with Crippen LogP contribution >= 0.6 is 0 Å². The number of rotatable bonds is 4. The van der Waals surface area contributed by atoms with Crippen LogP contribution in [0.2, 0.25) is 0 Å².